The van der Waals surface area contributed by atoms with Crippen molar-refractivity contribution in [2.45, 2.75) is 32.2 Å². The van der Waals surface area contributed by atoms with Crippen LogP contribution in [0.5, 0.6) is 5.75 Å². The van der Waals surface area contributed by atoms with Crippen LogP contribution in [0.2, 0.25) is 0 Å². The summed E-state index contributed by atoms with van der Waals surface area (Å²) in [7, 11) is 2.95. The van der Waals surface area contributed by atoms with E-state index < -0.39 is 6.04 Å². The predicted octanol–water partition coefficient (Wildman–Crippen LogP) is 1.42. The van der Waals surface area contributed by atoms with Crippen LogP contribution in [-0.4, -0.2) is 60.9 Å². The van der Waals surface area contributed by atoms with Gasteiger partial charge in [0.15, 0.2) is 0 Å². The third-order valence-corrected chi connectivity index (χ3v) is 4.20. The largest absolute Gasteiger partial charge is 0.493 e. The molecule has 0 aromatic heterocycles. The van der Waals surface area contributed by atoms with Crippen LogP contribution in [0.1, 0.15) is 25.3 Å². The van der Waals surface area contributed by atoms with Gasteiger partial charge in [0.1, 0.15) is 11.8 Å². The number of imide groups is 1. The number of carbonyl (C=O) groups excluding carboxylic acids is 3. The zero-order chi connectivity index (χ0) is 18.4. The number of likely N-dealkylation sites (N-methyl/N-ethyl adjacent to an activating group) is 2. The molecule has 1 heterocycles. The van der Waals surface area contributed by atoms with E-state index in [1.807, 2.05) is 31.2 Å². The lowest BCUT2D eigenvalue weighted by atomic mass is 10.1. The van der Waals surface area contributed by atoms with Crippen molar-refractivity contribution in [3.05, 3.63) is 29.8 Å². The van der Waals surface area contributed by atoms with Crippen LogP contribution in [0.25, 0.3) is 0 Å². The minimum atomic E-state index is -0.724. The second-order valence-electron chi connectivity index (χ2n) is 6.07. The minimum Gasteiger partial charge on any atom is -0.493 e. The molecule has 4 amide bonds. The molecule has 1 N–H and O–H groups in total. The molecule has 0 spiro atoms. The van der Waals surface area contributed by atoms with Gasteiger partial charge in [-0.25, -0.2) is 4.79 Å². The topological polar surface area (TPSA) is 79.0 Å². The SMILES string of the molecule is CCCOc1ccccc1CCNC(=O)C[C@@H]1C(=O)N(C)C(=O)N1C. The standard InChI is InChI=1S/C18H25N3O4/c1-4-11-25-15-8-6-5-7-13(15)9-10-19-16(22)12-14-17(23)21(3)18(24)20(14)2/h5-8,14H,4,9-12H2,1-3H3,(H,19,22)/t14-/m1/s1. The van der Waals surface area contributed by atoms with Crippen LogP contribution in [0.15, 0.2) is 24.3 Å². The maximum absolute atomic E-state index is 12.1. The number of amides is 4. The van der Waals surface area contributed by atoms with Crippen LogP contribution in [0, 0.1) is 0 Å². The third kappa shape index (κ3) is 4.49. The van der Waals surface area contributed by atoms with Crippen LogP contribution >= 0.6 is 0 Å². The number of urea groups is 1. The van der Waals surface area contributed by atoms with E-state index in [2.05, 4.69) is 5.32 Å². The van der Waals surface area contributed by atoms with Crippen LogP contribution in [-0.2, 0) is 16.0 Å². The fourth-order valence-electron chi connectivity index (χ4n) is 2.73. The van der Waals surface area contributed by atoms with E-state index in [-0.39, 0.29) is 24.3 Å². The molecule has 7 nitrogen and oxygen atoms in total. The predicted molar refractivity (Wildman–Crippen MR) is 93.3 cm³/mol. The van der Waals surface area contributed by atoms with E-state index in [1.54, 1.807) is 0 Å². The summed E-state index contributed by atoms with van der Waals surface area (Å²) in [6.07, 6.45) is 1.54. The van der Waals surface area contributed by atoms with Gasteiger partial charge in [0, 0.05) is 20.6 Å². The number of hydrogen-bond acceptors (Lipinski definition) is 4. The Hall–Kier alpha value is -2.57. The summed E-state index contributed by atoms with van der Waals surface area (Å²) in [5.41, 5.74) is 1.03. The Morgan fingerprint density at radius 1 is 1.24 bits per heavy atom. The van der Waals surface area contributed by atoms with Crippen molar-refractivity contribution in [2.75, 3.05) is 27.2 Å². The zero-order valence-electron chi connectivity index (χ0n) is 14.9. The third-order valence-electron chi connectivity index (χ3n) is 4.20. The van der Waals surface area contributed by atoms with E-state index in [0.29, 0.717) is 19.6 Å². The molecule has 1 aliphatic rings. The molecule has 0 radical (unpaired) electrons. The summed E-state index contributed by atoms with van der Waals surface area (Å²) in [5.74, 6) is 0.234. The first-order chi connectivity index (χ1) is 12.0. The number of ether oxygens (including phenoxy) is 1. The maximum Gasteiger partial charge on any atom is 0.326 e. The molecule has 0 saturated carbocycles. The lowest BCUT2D eigenvalue weighted by Gasteiger charge is -2.16. The van der Waals surface area contributed by atoms with Crippen LogP contribution in [0.4, 0.5) is 4.79 Å². The molecule has 0 aliphatic carbocycles. The molecule has 136 valence electrons. The molecule has 1 saturated heterocycles. The van der Waals surface area contributed by atoms with E-state index >= 15 is 0 Å². The average Bonchev–Trinajstić information content (AvgIpc) is 2.79. The molecular formula is C18H25N3O4. The highest BCUT2D eigenvalue weighted by Crippen LogP contribution is 2.19. The Morgan fingerprint density at radius 3 is 2.60 bits per heavy atom. The lowest BCUT2D eigenvalue weighted by molar-refractivity contribution is -0.131. The molecule has 0 bridgehead atoms. The summed E-state index contributed by atoms with van der Waals surface area (Å²) in [4.78, 5) is 38.1. The number of rotatable bonds is 8. The van der Waals surface area contributed by atoms with Gasteiger partial charge in [0.25, 0.3) is 5.91 Å². The molecular weight excluding hydrogens is 322 g/mol. The van der Waals surface area contributed by atoms with Crippen molar-refractivity contribution in [1.82, 2.24) is 15.1 Å². The molecule has 1 atom stereocenters. The monoisotopic (exact) mass is 347 g/mol. The van der Waals surface area contributed by atoms with Crippen molar-refractivity contribution >= 4 is 17.8 Å². The normalized spacial score (nSPS) is 17.2. The van der Waals surface area contributed by atoms with Crippen molar-refractivity contribution in [3.8, 4) is 5.75 Å². The molecule has 1 aromatic rings. The number of nitrogens with one attached hydrogen (secondary N) is 1. The quantitative estimate of drug-likeness (QED) is 0.721. The Morgan fingerprint density at radius 2 is 1.96 bits per heavy atom. The van der Waals surface area contributed by atoms with Crippen molar-refractivity contribution in [1.29, 1.82) is 0 Å². The van der Waals surface area contributed by atoms with Crippen molar-refractivity contribution in [2.24, 2.45) is 0 Å². The van der Waals surface area contributed by atoms with Crippen LogP contribution < -0.4 is 10.1 Å². The maximum atomic E-state index is 12.1. The molecule has 1 aliphatic heterocycles. The molecule has 0 unspecified atom stereocenters. The fourth-order valence-corrected chi connectivity index (χ4v) is 2.73. The molecule has 7 heteroatoms. The fraction of sp³-hybridized carbons (Fsp3) is 0.500. The van der Waals surface area contributed by atoms with Gasteiger partial charge in [-0.3, -0.25) is 14.5 Å². The van der Waals surface area contributed by atoms with Gasteiger partial charge >= 0.3 is 6.03 Å². The first-order valence-electron chi connectivity index (χ1n) is 8.47. The Bertz CT molecular complexity index is 647. The molecule has 25 heavy (non-hydrogen) atoms. The molecule has 1 fully saturated rings. The highest BCUT2D eigenvalue weighted by atomic mass is 16.5. The van der Waals surface area contributed by atoms with Gasteiger partial charge in [-0.05, 0) is 24.5 Å². The summed E-state index contributed by atoms with van der Waals surface area (Å²) in [5, 5.41) is 2.81. The Balaban J connectivity index is 1.83. The number of nitrogens with zero attached hydrogens (tertiary/aromatic N) is 2. The van der Waals surface area contributed by atoms with Crippen molar-refractivity contribution in [3.63, 3.8) is 0 Å². The second-order valence-corrected chi connectivity index (χ2v) is 6.07. The summed E-state index contributed by atoms with van der Waals surface area (Å²) in [6, 6.07) is 6.63. The van der Waals surface area contributed by atoms with Crippen LogP contribution in [0.3, 0.4) is 0 Å². The first-order valence-corrected chi connectivity index (χ1v) is 8.47. The summed E-state index contributed by atoms with van der Waals surface area (Å²) < 4.78 is 5.70. The van der Waals surface area contributed by atoms with Gasteiger partial charge in [0.05, 0.1) is 13.0 Å². The second kappa shape index (κ2) is 8.50. The van der Waals surface area contributed by atoms with Gasteiger partial charge in [-0.15, -0.1) is 0 Å². The Kier molecular flexibility index (Phi) is 6.38. The number of para-hydroxylation sites is 1. The number of hydrogen-bond donors (Lipinski definition) is 1. The number of benzene rings is 1. The van der Waals surface area contributed by atoms with E-state index in [1.165, 1.54) is 19.0 Å². The summed E-state index contributed by atoms with van der Waals surface area (Å²) >= 11 is 0. The van der Waals surface area contributed by atoms with E-state index in [0.717, 1.165) is 22.6 Å². The average molecular weight is 347 g/mol. The zero-order valence-corrected chi connectivity index (χ0v) is 14.9. The molecule has 2 rings (SSSR count). The van der Waals surface area contributed by atoms with Gasteiger partial charge in [-0.2, -0.15) is 0 Å². The van der Waals surface area contributed by atoms with Crippen molar-refractivity contribution < 1.29 is 19.1 Å². The smallest absolute Gasteiger partial charge is 0.326 e. The highest BCUT2D eigenvalue weighted by molar-refractivity contribution is 6.05. The van der Waals surface area contributed by atoms with Gasteiger partial charge < -0.3 is 15.0 Å². The van der Waals surface area contributed by atoms with Gasteiger partial charge in [0.2, 0.25) is 5.91 Å². The first kappa shape index (κ1) is 18.8. The lowest BCUT2D eigenvalue weighted by Crippen LogP contribution is -2.37. The number of carbonyl (C=O) groups is 3. The van der Waals surface area contributed by atoms with Gasteiger partial charge in [-0.1, -0.05) is 25.1 Å². The molecule has 1 aromatic carbocycles. The highest BCUT2D eigenvalue weighted by Gasteiger charge is 2.41. The minimum absolute atomic E-state index is 0.0284. The van der Waals surface area contributed by atoms with E-state index in [9.17, 15) is 14.4 Å². The Labute approximate surface area is 147 Å². The van der Waals surface area contributed by atoms with E-state index in [4.69, 9.17) is 4.74 Å². The summed E-state index contributed by atoms with van der Waals surface area (Å²) in [6.45, 7) is 3.15.